The van der Waals surface area contributed by atoms with Crippen molar-refractivity contribution in [2.45, 2.75) is 6.61 Å². The molecule has 0 unspecified atom stereocenters. The number of fused-ring (bicyclic) bond motifs is 1. The Hall–Kier alpha value is -5.75. The number of nitrogens with zero attached hydrogens (tertiary/aromatic N) is 5. The van der Waals surface area contributed by atoms with Crippen LogP contribution in [-0.4, -0.2) is 24.9 Å². The Labute approximate surface area is 243 Å². The molecule has 42 heavy (non-hydrogen) atoms. The van der Waals surface area contributed by atoms with Crippen LogP contribution in [0, 0.1) is 0 Å². The Kier molecular flexibility index (Phi) is 6.84. The highest BCUT2D eigenvalue weighted by Gasteiger charge is 2.13. The van der Waals surface area contributed by atoms with Crippen LogP contribution in [-0.2, 0) is 6.61 Å². The van der Waals surface area contributed by atoms with Gasteiger partial charge in [-0.25, -0.2) is 15.0 Å². The molecule has 200 valence electrons. The van der Waals surface area contributed by atoms with Crippen LogP contribution in [0.1, 0.15) is 5.56 Å². The molecule has 0 aliphatic heterocycles. The van der Waals surface area contributed by atoms with E-state index >= 15 is 0 Å². The Morgan fingerprint density at radius 1 is 0.500 bits per heavy atom. The lowest BCUT2D eigenvalue weighted by Crippen LogP contribution is -1.97. The molecule has 7 rings (SSSR count). The minimum Gasteiger partial charge on any atom is -0.487 e. The molecule has 0 spiro atoms. The highest BCUT2D eigenvalue weighted by Crippen LogP contribution is 2.32. The summed E-state index contributed by atoms with van der Waals surface area (Å²) in [5.41, 5.74) is 8.10. The molecule has 4 heterocycles. The molecule has 0 radical (unpaired) electrons. The van der Waals surface area contributed by atoms with Crippen molar-refractivity contribution in [3.63, 3.8) is 0 Å². The predicted octanol–water partition coefficient (Wildman–Crippen LogP) is 8.06. The van der Waals surface area contributed by atoms with Crippen LogP contribution in [0.5, 0.6) is 5.75 Å². The first kappa shape index (κ1) is 25.2. The summed E-state index contributed by atoms with van der Waals surface area (Å²) in [6.07, 6.45) is 7.09. The summed E-state index contributed by atoms with van der Waals surface area (Å²) in [4.78, 5) is 23.4. The monoisotopic (exact) mass is 543 g/mol. The maximum absolute atomic E-state index is 6.21. The molecule has 0 amide bonds. The topological polar surface area (TPSA) is 73.7 Å². The third kappa shape index (κ3) is 5.33. The van der Waals surface area contributed by atoms with E-state index in [9.17, 15) is 0 Å². The lowest BCUT2D eigenvalue weighted by atomic mass is 10.0. The Morgan fingerprint density at radius 3 is 1.95 bits per heavy atom. The van der Waals surface area contributed by atoms with E-state index in [0.717, 1.165) is 61.6 Å². The van der Waals surface area contributed by atoms with Crippen molar-refractivity contribution in [2.24, 2.45) is 0 Å². The molecule has 7 aromatic rings. The van der Waals surface area contributed by atoms with Gasteiger partial charge in [0.1, 0.15) is 17.9 Å². The molecule has 0 N–H and O–H groups in total. The first-order chi connectivity index (χ1) is 20.8. The molecule has 6 heteroatoms. The summed E-state index contributed by atoms with van der Waals surface area (Å²) in [6, 6.07) is 38.3. The van der Waals surface area contributed by atoms with Gasteiger partial charge in [0.25, 0.3) is 0 Å². The van der Waals surface area contributed by atoms with Crippen LogP contribution in [0.15, 0.2) is 140 Å². The van der Waals surface area contributed by atoms with Crippen molar-refractivity contribution >= 4 is 10.9 Å². The molecule has 0 fully saturated rings. The Balaban J connectivity index is 1.28. The van der Waals surface area contributed by atoms with Crippen molar-refractivity contribution in [1.29, 1.82) is 0 Å². The van der Waals surface area contributed by atoms with Crippen LogP contribution in [0.2, 0.25) is 0 Å². The SMILES string of the molecule is c1ccc(COc2cccc3ccc(-c4cccc(-c5cc(-c6cccnc6)nc(-c6cccnc6)n5)c4)nc23)cc1. The number of rotatable bonds is 7. The number of hydrogen-bond donors (Lipinski definition) is 0. The lowest BCUT2D eigenvalue weighted by molar-refractivity contribution is 0.309. The molecular weight excluding hydrogens is 518 g/mol. The Morgan fingerprint density at radius 2 is 1.19 bits per heavy atom. The number of hydrogen-bond acceptors (Lipinski definition) is 6. The third-order valence-electron chi connectivity index (χ3n) is 6.98. The summed E-state index contributed by atoms with van der Waals surface area (Å²) in [7, 11) is 0. The van der Waals surface area contributed by atoms with Gasteiger partial charge in [-0.2, -0.15) is 0 Å². The van der Waals surface area contributed by atoms with Crippen LogP contribution >= 0.6 is 0 Å². The highest BCUT2D eigenvalue weighted by atomic mass is 16.5. The smallest absolute Gasteiger partial charge is 0.161 e. The van der Waals surface area contributed by atoms with Gasteiger partial charge in [-0.15, -0.1) is 0 Å². The van der Waals surface area contributed by atoms with Gasteiger partial charge in [-0.1, -0.05) is 66.7 Å². The maximum Gasteiger partial charge on any atom is 0.161 e. The summed E-state index contributed by atoms with van der Waals surface area (Å²) in [5, 5.41) is 1.03. The van der Waals surface area contributed by atoms with Crippen LogP contribution in [0.25, 0.3) is 56.1 Å². The minimum absolute atomic E-state index is 0.480. The summed E-state index contributed by atoms with van der Waals surface area (Å²) >= 11 is 0. The largest absolute Gasteiger partial charge is 0.487 e. The quantitative estimate of drug-likeness (QED) is 0.202. The van der Waals surface area contributed by atoms with Crippen molar-refractivity contribution < 1.29 is 4.74 Å². The molecule has 0 saturated heterocycles. The van der Waals surface area contributed by atoms with E-state index in [4.69, 9.17) is 19.7 Å². The summed E-state index contributed by atoms with van der Waals surface area (Å²) < 4.78 is 6.21. The second-order valence-electron chi connectivity index (χ2n) is 9.82. The van der Waals surface area contributed by atoms with Crippen LogP contribution in [0.4, 0.5) is 0 Å². The second kappa shape index (κ2) is 11.4. The van der Waals surface area contributed by atoms with Crippen molar-refractivity contribution in [2.75, 3.05) is 0 Å². The summed E-state index contributed by atoms with van der Waals surface area (Å²) in [5.74, 6) is 1.36. The van der Waals surface area contributed by atoms with Gasteiger partial charge < -0.3 is 4.74 Å². The fourth-order valence-corrected chi connectivity index (χ4v) is 4.85. The number of ether oxygens (including phenoxy) is 1. The standard InChI is InChI=1S/C36H25N5O/c1-2-8-25(9-3-1)24-42-34-15-5-10-26-16-17-31(39-35(26)34)27-11-4-12-28(20-27)32-21-33(29-13-6-18-37-22-29)41-36(40-32)30-14-7-19-38-23-30/h1-23H,24H2. The molecule has 4 aromatic heterocycles. The molecule has 0 aliphatic carbocycles. The second-order valence-corrected chi connectivity index (χ2v) is 9.82. The molecule has 0 saturated carbocycles. The lowest BCUT2D eigenvalue weighted by Gasteiger charge is -2.12. The predicted molar refractivity (Wildman–Crippen MR) is 165 cm³/mol. The average molecular weight is 544 g/mol. The number of aromatic nitrogens is 5. The van der Waals surface area contributed by atoms with Crippen LogP contribution in [0.3, 0.4) is 0 Å². The third-order valence-corrected chi connectivity index (χ3v) is 6.98. The van der Waals surface area contributed by atoms with E-state index < -0.39 is 0 Å². The van der Waals surface area contributed by atoms with E-state index in [-0.39, 0.29) is 0 Å². The highest BCUT2D eigenvalue weighted by molar-refractivity contribution is 5.87. The summed E-state index contributed by atoms with van der Waals surface area (Å²) in [6.45, 7) is 0.480. The average Bonchev–Trinajstić information content (AvgIpc) is 3.08. The molecule has 0 aliphatic rings. The molecule has 6 nitrogen and oxygen atoms in total. The van der Waals surface area contributed by atoms with E-state index in [1.165, 1.54) is 0 Å². The normalized spacial score (nSPS) is 11.0. The zero-order valence-corrected chi connectivity index (χ0v) is 22.6. The van der Waals surface area contributed by atoms with Gasteiger partial charge in [0.2, 0.25) is 0 Å². The van der Waals surface area contributed by atoms with Gasteiger partial charge in [0.15, 0.2) is 5.82 Å². The minimum atomic E-state index is 0.480. The fourth-order valence-electron chi connectivity index (χ4n) is 4.85. The zero-order chi connectivity index (χ0) is 28.1. The molecule has 0 bridgehead atoms. The molecular formula is C36H25N5O. The van der Waals surface area contributed by atoms with Gasteiger partial charge in [0, 0.05) is 52.4 Å². The van der Waals surface area contributed by atoms with E-state index in [2.05, 4.69) is 52.4 Å². The number of benzene rings is 3. The van der Waals surface area contributed by atoms with Crippen LogP contribution < -0.4 is 4.74 Å². The van der Waals surface area contributed by atoms with Gasteiger partial charge >= 0.3 is 0 Å². The molecule has 0 atom stereocenters. The number of para-hydroxylation sites is 1. The first-order valence-corrected chi connectivity index (χ1v) is 13.7. The van der Waals surface area contributed by atoms with E-state index in [1.807, 2.05) is 79.0 Å². The van der Waals surface area contributed by atoms with Gasteiger partial charge in [-0.3, -0.25) is 9.97 Å². The zero-order valence-electron chi connectivity index (χ0n) is 22.6. The van der Waals surface area contributed by atoms with E-state index in [0.29, 0.717) is 12.4 Å². The fraction of sp³-hybridized carbons (Fsp3) is 0.0278. The van der Waals surface area contributed by atoms with Crippen molar-refractivity contribution in [3.05, 3.63) is 146 Å². The first-order valence-electron chi connectivity index (χ1n) is 13.7. The number of pyridine rings is 3. The Bertz CT molecular complexity index is 1920. The van der Waals surface area contributed by atoms with Crippen molar-refractivity contribution in [1.82, 2.24) is 24.9 Å². The van der Waals surface area contributed by atoms with Gasteiger partial charge in [0.05, 0.1) is 17.1 Å². The maximum atomic E-state index is 6.21. The van der Waals surface area contributed by atoms with E-state index in [1.54, 1.807) is 18.6 Å². The van der Waals surface area contributed by atoms with Gasteiger partial charge in [-0.05, 0) is 54.1 Å². The molecule has 3 aromatic carbocycles. The van der Waals surface area contributed by atoms with Crippen molar-refractivity contribution in [3.8, 4) is 50.9 Å².